The van der Waals surface area contributed by atoms with Crippen molar-refractivity contribution in [2.24, 2.45) is 0 Å². The van der Waals surface area contributed by atoms with E-state index in [2.05, 4.69) is 4.90 Å². The molecule has 4 aromatic rings. The molecule has 4 rings (SSSR count). The quantitative estimate of drug-likeness (QED) is 0.339. The van der Waals surface area contributed by atoms with Crippen molar-refractivity contribution in [3.05, 3.63) is 64.6 Å². The van der Waals surface area contributed by atoms with Gasteiger partial charge in [0, 0.05) is 0 Å². The number of fused-ring (bicyclic) bond motifs is 1. The molecule has 4 heterocycles. The number of rotatable bonds is 9. The number of nitrogens with zero attached hydrogens (tertiary/aromatic N) is 4. The number of carbonyl (C=O) groups excluding carboxylic acids is 1. The molecular weight excluding hydrogens is 428 g/mol. The summed E-state index contributed by atoms with van der Waals surface area (Å²) in [5.41, 5.74) is 0.818. The van der Waals surface area contributed by atoms with E-state index in [9.17, 15) is 4.79 Å². The minimum atomic E-state index is -0.336. The normalized spacial score (nSPS) is 11.4. The van der Waals surface area contributed by atoms with E-state index < -0.39 is 0 Å². The van der Waals surface area contributed by atoms with Gasteiger partial charge in [-0.1, -0.05) is 0 Å². The van der Waals surface area contributed by atoms with E-state index in [1.54, 1.807) is 19.5 Å². The molecule has 168 valence electrons. The predicted molar refractivity (Wildman–Crippen MR) is 123 cm³/mol. The molecule has 0 aliphatic rings. The van der Waals surface area contributed by atoms with Crippen LogP contribution in [0.3, 0.4) is 0 Å². The Labute approximate surface area is 190 Å². The smallest absolute Gasteiger partial charge is 0.348 e. The molecule has 0 N–H and O–H groups in total. The van der Waals surface area contributed by atoms with Crippen molar-refractivity contribution >= 4 is 33.3 Å². The number of anilines is 1. The molecule has 0 aliphatic carbocycles. The van der Waals surface area contributed by atoms with E-state index in [1.165, 1.54) is 11.3 Å². The number of thiophene rings is 1. The van der Waals surface area contributed by atoms with Gasteiger partial charge in [-0.05, 0) is 57.8 Å². The third-order valence-corrected chi connectivity index (χ3v) is 6.05. The van der Waals surface area contributed by atoms with Crippen molar-refractivity contribution in [3.8, 4) is 0 Å². The van der Waals surface area contributed by atoms with Gasteiger partial charge in [0.2, 0.25) is 0 Å². The van der Waals surface area contributed by atoms with Crippen LogP contribution in [0.15, 0.2) is 45.6 Å². The summed E-state index contributed by atoms with van der Waals surface area (Å²) in [5.74, 6) is 2.69. The lowest BCUT2D eigenvalue weighted by atomic mass is 10.2. The number of hydrogen-bond donors (Lipinski definition) is 0. The maximum atomic E-state index is 12.6. The van der Waals surface area contributed by atoms with E-state index in [4.69, 9.17) is 23.5 Å². The zero-order chi connectivity index (χ0) is 22.7. The van der Waals surface area contributed by atoms with Crippen LogP contribution in [0.5, 0.6) is 0 Å². The molecule has 9 heteroatoms. The van der Waals surface area contributed by atoms with E-state index >= 15 is 0 Å². The summed E-state index contributed by atoms with van der Waals surface area (Å²) in [6, 6.07) is 7.59. The van der Waals surface area contributed by atoms with Gasteiger partial charge in [0.05, 0.1) is 44.2 Å². The van der Waals surface area contributed by atoms with Crippen LogP contribution in [0, 0.1) is 6.92 Å². The van der Waals surface area contributed by atoms with E-state index in [1.807, 2.05) is 50.2 Å². The molecule has 8 nitrogen and oxygen atoms in total. The summed E-state index contributed by atoms with van der Waals surface area (Å²) in [7, 11) is 3.95. The highest BCUT2D eigenvalue weighted by Gasteiger charge is 2.25. The van der Waals surface area contributed by atoms with Gasteiger partial charge in [-0.3, -0.25) is 0 Å². The van der Waals surface area contributed by atoms with Gasteiger partial charge in [0.15, 0.2) is 0 Å². The second-order valence-electron chi connectivity index (χ2n) is 7.67. The first kappa shape index (κ1) is 22.0. The first-order valence-corrected chi connectivity index (χ1v) is 11.2. The van der Waals surface area contributed by atoms with Crippen LogP contribution in [0.25, 0.3) is 10.2 Å². The molecule has 0 aliphatic heterocycles. The SMILES string of the molecule is CCOC(=O)c1sc2nc(CN(C)C)nc(N(Cc3ccco3)Cc3ccco3)c2c1C. The number of carbonyl (C=O) groups is 1. The largest absolute Gasteiger partial charge is 0.467 e. The van der Waals surface area contributed by atoms with Crippen LogP contribution in [0.4, 0.5) is 5.82 Å². The van der Waals surface area contributed by atoms with Gasteiger partial charge >= 0.3 is 5.97 Å². The van der Waals surface area contributed by atoms with Crippen molar-refractivity contribution in [2.45, 2.75) is 33.5 Å². The fourth-order valence-corrected chi connectivity index (χ4v) is 4.61. The van der Waals surface area contributed by atoms with Crippen LogP contribution in [0.2, 0.25) is 0 Å². The monoisotopic (exact) mass is 454 g/mol. The van der Waals surface area contributed by atoms with Gasteiger partial charge < -0.3 is 23.4 Å². The van der Waals surface area contributed by atoms with Gasteiger partial charge in [-0.25, -0.2) is 14.8 Å². The second kappa shape index (κ2) is 9.54. The standard InChI is InChI=1S/C23H26N4O4S/c1-5-29-23(28)20-15(2)19-21(24-18(14-26(3)4)25-22(19)32-20)27(12-16-8-6-10-30-16)13-17-9-7-11-31-17/h6-11H,5,12-14H2,1-4H3. The molecule has 0 spiro atoms. The number of aryl methyl sites for hydroxylation is 1. The van der Waals surface area contributed by atoms with Crippen molar-refractivity contribution in [3.63, 3.8) is 0 Å². The highest BCUT2D eigenvalue weighted by molar-refractivity contribution is 7.20. The molecule has 0 atom stereocenters. The molecule has 4 aromatic heterocycles. The summed E-state index contributed by atoms with van der Waals surface area (Å²) < 4.78 is 16.5. The third kappa shape index (κ3) is 4.68. The van der Waals surface area contributed by atoms with Gasteiger partial charge in [-0.2, -0.15) is 0 Å². The summed E-state index contributed by atoms with van der Waals surface area (Å²) in [6.07, 6.45) is 3.31. The molecule has 0 saturated carbocycles. The summed E-state index contributed by atoms with van der Waals surface area (Å²) in [6.45, 7) is 5.59. The molecule has 0 amide bonds. The lowest BCUT2D eigenvalue weighted by Gasteiger charge is -2.23. The highest BCUT2D eigenvalue weighted by atomic mass is 32.1. The fraction of sp³-hybridized carbons (Fsp3) is 0.348. The first-order valence-electron chi connectivity index (χ1n) is 10.4. The Balaban J connectivity index is 1.87. The summed E-state index contributed by atoms with van der Waals surface area (Å²) in [4.78, 5) is 27.7. The average Bonchev–Trinajstić information content (AvgIpc) is 3.49. The number of furan rings is 2. The Hall–Kier alpha value is -3.17. The van der Waals surface area contributed by atoms with E-state index in [-0.39, 0.29) is 5.97 Å². The molecule has 0 fully saturated rings. The molecule has 0 bridgehead atoms. The fourth-order valence-electron chi connectivity index (χ4n) is 3.52. The predicted octanol–water partition coefficient (Wildman–Crippen LogP) is 4.63. The van der Waals surface area contributed by atoms with Crippen LogP contribution in [0.1, 0.15) is 39.5 Å². The lowest BCUT2D eigenvalue weighted by molar-refractivity contribution is 0.0531. The Bertz CT molecular complexity index is 1150. The van der Waals surface area contributed by atoms with E-state index in [0.717, 1.165) is 33.1 Å². The lowest BCUT2D eigenvalue weighted by Crippen LogP contribution is -2.24. The average molecular weight is 455 g/mol. The maximum Gasteiger partial charge on any atom is 0.348 e. The Morgan fingerprint density at radius 3 is 2.25 bits per heavy atom. The van der Waals surface area contributed by atoms with E-state index in [0.29, 0.717) is 36.9 Å². The summed E-state index contributed by atoms with van der Waals surface area (Å²) >= 11 is 1.34. The summed E-state index contributed by atoms with van der Waals surface area (Å²) in [5, 5.41) is 0.846. The minimum absolute atomic E-state index is 0.319. The van der Waals surface area contributed by atoms with Gasteiger partial charge in [0.25, 0.3) is 0 Å². The van der Waals surface area contributed by atoms with Gasteiger partial charge in [-0.15, -0.1) is 11.3 Å². The van der Waals surface area contributed by atoms with Crippen LogP contribution < -0.4 is 4.90 Å². The number of aromatic nitrogens is 2. The molecule has 0 unspecified atom stereocenters. The number of ether oxygens (including phenoxy) is 1. The van der Waals surface area contributed by atoms with Crippen molar-refractivity contribution < 1.29 is 18.4 Å². The number of esters is 1. The molecule has 32 heavy (non-hydrogen) atoms. The number of hydrogen-bond acceptors (Lipinski definition) is 9. The molecule has 0 saturated heterocycles. The second-order valence-corrected chi connectivity index (χ2v) is 8.67. The zero-order valence-corrected chi connectivity index (χ0v) is 19.4. The maximum absolute atomic E-state index is 12.6. The highest BCUT2D eigenvalue weighted by Crippen LogP contribution is 2.37. The molecule has 0 aromatic carbocycles. The third-order valence-electron chi connectivity index (χ3n) is 4.89. The van der Waals surface area contributed by atoms with Crippen molar-refractivity contribution in [1.82, 2.24) is 14.9 Å². The zero-order valence-electron chi connectivity index (χ0n) is 18.6. The van der Waals surface area contributed by atoms with Crippen LogP contribution in [-0.4, -0.2) is 41.5 Å². The Morgan fingerprint density at radius 2 is 1.72 bits per heavy atom. The van der Waals surface area contributed by atoms with Crippen molar-refractivity contribution in [2.75, 3.05) is 25.6 Å². The topological polar surface area (TPSA) is 84.8 Å². The van der Waals surface area contributed by atoms with Crippen LogP contribution >= 0.6 is 11.3 Å². The first-order chi connectivity index (χ1) is 15.5. The van der Waals surface area contributed by atoms with Gasteiger partial charge in [0.1, 0.15) is 32.9 Å². The molecule has 0 radical (unpaired) electrons. The van der Waals surface area contributed by atoms with Crippen molar-refractivity contribution in [1.29, 1.82) is 0 Å². The Kier molecular flexibility index (Phi) is 6.57. The Morgan fingerprint density at radius 1 is 1.06 bits per heavy atom. The molecular formula is C23H26N4O4S. The minimum Gasteiger partial charge on any atom is -0.467 e. The van der Waals surface area contributed by atoms with Crippen LogP contribution in [-0.2, 0) is 24.4 Å².